The van der Waals surface area contributed by atoms with Crippen LogP contribution >= 0.6 is 0 Å². The highest BCUT2D eigenvalue weighted by molar-refractivity contribution is 5.04. The molecule has 0 aromatic heterocycles. The number of rotatable bonds is 8. The van der Waals surface area contributed by atoms with E-state index in [1.54, 1.807) is 0 Å². The normalized spacial score (nSPS) is 24.7. The van der Waals surface area contributed by atoms with Crippen molar-refractivity contribution >= 4 is 0 Å². The summed E-state index contributed by atoms with van der Waals surface area (Å²) in [7, 11) is 0. The molecule has 0 amide bonds. The molecule has 2 nitrogen and oxygen atoms in total. The van der Waals surface area contributed by atoms with Gasteiger partial charge in [0.25, 0.3) is 0 Å². The summed E-state index contributed by atoms with van der Waals surface area (Å²) in [4.78, 5) is 2.76. The Hall–Kier alpha value is -0.0800. The lowest BCUT2D eigenvalue weighted by molar-refractivity contribution is 0.0581. The van der Waals surface area contributed by atoms with E-state index in [4.69, 9.17) is 0 Å². The molecule has 1 N–H and O–H groups in total. The lowest BCUT2D eigenvalue weighted by atomic mass is 9.82. The molecule has 0 saturated heterocycles. The molecule has 0 spiro atoms. The first-order chi connectivity index (χ1) is 8.76. The molecule has 2 saturated carbocycles. The van der Waals surface area contributed by atoms with Gasteiger partial charge in [-0.2, -0.15) is 0 Å². The minimum Gasteiger partial charge on any atom is -0.312 e. The van der Waals surface area contributed by atoms with Crippen molar-refractivity contribution in [3.05, 3.63) is 0 Å². The van der Waals surface area contributed by atoms with Crippen LogP contribution in [0, 0.1) is 5.92 Å². The highest BCUT2D eigenvalue weighted by atomic mass is 15.2. The molecule has 2 heteroatoms. The second kappa shape index (κ2) is 6.38. The van der Waals surface area contributed by atoms with E-state index in [0.29, 0.717) is 5.54 Å². The standard InChI is InChI=1S/C16H32N2/c1-4-17-15(13-14-9-10-14)16(11-7-8-12-16)18(5-2)6-3/h14-15,17H,4-13H2,1-3H3. The first kappa shape index (κ1) is 14.3. The second-order valence-electron chi connectivity index (χ2n) is 6.27. The largest absolute Gasteiger partial charge is 0.312 e. The molecule has 0 bridgehead atoms. The Bertz CT molecular complexity index is 237. The maximum absolute atomic E-state index is 3.84. The van der Waals surface area contributed by atoms with E-state index in [1.165, 1.54) is 58.0 Å². The molecule has 0 aromatic rings. The quantitative estimate of drug-likeness (QED) is 0.712. The van der Waals surface area contributed by atoms with Gasteiger partial charge >= 0.3 is 0 Å². The maximum atomic E-state index is 3.84. The predicted molar refractivity (Wildman–Crippen MR) is 78.9 cm³/mol. The molecule has 2 rings (SSSR count). The van der Waals surface area contributed by atoms with Crippen LogP contribution in [-0.2, 0) is 0 Å². The van der Waals surface area contributed by atoms with E-state index in [0.717, 1.165) is 18.5 Å². The summed E-state index contributed by atoms with van der Waals surface area (Å²) in [5.41, 5.74) is 0.474. The minimum absolute atomic E-state index is 0.474. The van der Waals surface area contributed by atoms with Gasteiger partial charge in [-0.1, -0.05) is 46.5 Å². The lowest BCUT2D eigenvalue weighted by Gasteiger charge is -2.47. The van der Waals surface area contributed by atoms with Crippen molar-refractivity contribution in [1.29, 1.82) is 0 Å². The van der Waals surface area contributed by atoms with E-state index in [2.05, 4.69) is 31.0 Å². The van der Waals surface area contributed by atoms with Crippen LogP contribution in [0.25, 0.3) is 0 Å². The second-order valence-corrected chi connectivity index (χ2v) is 6.27. The van der Waals surface area contributed by atoms with Crippen molar-refractivity contribution in [2.24, 2.45) is 5.92 Å². The van der Waals surface area contributed by atoms with E-state index in [-0.39, 0.29) is 0 Å². The first-order valence-electron chi connectivity index (χ1n) is 8.25. The van der Waals surface area contributed by atoms with Crippen LogP contribution in [0.1, 0.15) is 65.7 Å². The molecule has 0 aliphatic heterocycles. The molecular formula is C16H32N2. The third kappa shape index (κ3) is 2.91. The van der Waals surface area contributed by atoms with E-state index in [9.17, 15) is 0 Å². The van der Waals surface area contributed by atoms with Crippen LogP contribution in [0.4, 0.5) is 0 Å². The van der Waals surface area contributed by atoms with Gasteiger partial charge in [-0.05, 0) is 44.8 Å². The minimum atomic E-state index is 0.474. The molecule has 2 aliphatic carbocycles. The van der Waals surface area contributed by atoms with Gasteiger partial charge in [-0.3, -0.25) is 4.90 Å². The van der Waals surface area contributed by atoms with Gasteiger partial charge in [0.2, 0.25) is 0 Å². The molecule has 0 radical (unpaired) electrons. The number of likely N-dealkylation sites (N-methyl/N-ethyl adjacent to an activating group) is 2. The van der Waals surface area contributed by atoms with Crippen LogP contribution in [-0.4, -0.2) is 36.1 Å². The number of nitrogens with zero attached hydrogens (tertiary/aromatic N) is 1. The SMILES string of the molecule is CCNC(CC1CC1)C1(N(CC)CC)CCCC1. The zero-order valence-corrected chi connectivity index (χ0v) is 12.7. The average Bonchev–Trinajstić information content (AvgIpc) is 3.06. The van der Waals surface area contributed by atoms with Gasteiger partial charge in [0.05, 0.1) is 0 Å². The van der Waals surface area contributed by atoms with Gasteiger partial charge in [0.15, 0.2) is 0 Å². The summed E-state index contributed by atoms with van der Waals surface area (Å²) in [6.45, 7) is 10.5. The highest BCUT2D eigenvalue weighted by Gasteiger charge is 2.45. The topological polar surface area (TPSA) is 15.3 Å². The Kier molecular flexibility index (Phi) is 5.08. The highest BCUT2D eigenvalue weighted by Crippen LogP contribution is 2.43. The fourth-order valence-electron chi connectivity index (χ4n) is 4.15. The maximum Gasteiger partial charge on any atom is 0.0362 e. The van der Waals surface area contributed by atoms with Gasteiger partial charge < -0.3 is 5.32 Å². The number of nitrogens with one attached hydrogen (secondary N) is 1. The first-order valence-corrected chi connectivity index (χ1v) is 8.25. The summed E-state index contributed by atoms with van der Waals surface area (Å²) >= 11 is 0. The van der Waals surface area contributed by atoms with Crippen LogP contribution < -0.4 is 5.32 Å². The van der Waals surface area contributed by atoms with Crippen molar-refractivity contribution < 1.29 is 0 Å². The zero-order chi connectivity index (χ0) is 13.0. The Morgan fingerprint density at radius 2 is 1.72 bits per heavy atom. The van der Waals surface area contributed by atoms with Crippen LogP contribution in [0.2, 0.25) is 0 Å². The molecule has 0 aromatic carbocycles. The van der Waals surface area contributed by atoms with Crippen molar-refractivity contribution in [3.8, 4) is 0 Å². The van der Waals surface area contributed by atoms with E-state index in [1.807, 2.05) is 0 Å². The van der Waals surface area contributed by atoms with Gasteiger partial charge in [-0.15, -0.1) is 0 Å². The summed E-state index contributed by atoms with van der Waals surface area (Å²) in [6.07, 6.45) is 10.1. The van der Waals surface area contributed by atoms with E-state index < -0.39 is 0 Å². The molecule has 2 fully saturated rings. The molecule has 2 aliphatic rings. The summed E-state index contributed by atoms with van der Waals surface area (Å²) in [6, 6.07) is 0.734. The molecule has 1 unspecified atom stereocenters. The van der Waals surface area contributed by atoms with Crippen LogP contribution in [0.15, 0.2) is 0 Å². The third-order valence-corrected chi connectivity index (χ3v) is 5.23. The summed E-state index contributed by atoms with van der Waals surface area (Å²) < 4.78 is 0. The van der Waals surface area contributed by atoms with Gasteiger partial charge in [0.1, 0.15) is 0 Å². The predicted octanol–water partition coefficient (Wildman–Crippen LogP) is 3.42. The van der Waals surface area contributed by atoms with Gasteiger partial charge in [-0.25, -0.2) is 0 Å². The monoisotopic (exact) mass is 252 g/mol. The Balaban J connectivity index is 2.12. The van der Waals surface area contributed by atoms with E-state index >= 15 is 0 Å². The average molecular weight is 252 g/mol. The summed E-state index contributed by atoms with van der Waals surface area (Å²) in [5, 5.41) is 3.84. The Morgan fingerprint density at radius 1 is 1.11 bits per heavy atom. The fraction of sp³-hybridized carbons (Fsp3) is 1.00. The molecule has 18 heavy (non-hydrogen) atoms. The van der Waals surface area contributed by atoms with Crippen molar-refractivity contribution in [2.75, 3.05) is 19.6 Å². The van der Waals surface area contributed by atoms with Crippen molar-refractivity contribution in [3.63, 3.8) is 0 Å². The smallest absolute Gasteiger partial charge is 0.0362 e. The van der Waals surface area contributed by atoms with Crippen LogP contribution in [0.5, 0.6) is 0 Å². The van der Waals surface area contributed by atoms with Crippen LogP contribution in [0.3, 0.4) is 0 Å². The number of hydrogen-bond donors (Lipinski definition) is 1. The summed E-state index contributed by atoms with van der Waals surface area (Å²) in [5.74, 6) is 1.03. The molecule has 0 heterocycles. The number of hydrogen-bond acceptors (Lipinski definition) is 2. The Morgan fingerprint density at radius 3 is 2.17 bits per heavy atom. The molecule has 1 atom stereocenters. The molecular weight excluding hydrogens is 220 g/mol. The fourth-order valence-corrected chi connectivity index (χ4v) is 4.15. The molecule has 106 valence electrons. The lowest BCUT2D eigenvalue weighted by Crippen LogP contribution is -2.60. The van der Waals surface area contributed by atoms with Crippen molar-refractivity contribution in [1.82, 2.24) is 10.2 Å². The van der Waals surface area contributed by atoms with Crippen molar-refractivity contribution in [2.45, 2.75) is 77.3 Å². The zero-order valence-electron chi connectivity index (χ0n) is 12.7. The van der Waals surface area contributed by atoms with Gasteiger partial charge in [0, 0.05) is 11.6 Å². The third-order valence-electron chi connectivity index (χ3n) is 5.23. The Labute approximate surface area is 114 Å².